The van der Waals surface area contributed by atoms with Crippen molar-refractivity contribution in [2.75, 3.05) is 5.75 Å². The third kappa shape index (κ3) is 6.90. The molecule has 32 heavy (non-hydrogen) atoms. The normalized spacial score (nSPS) is 14.9. The molecule has 172 valence electrons. The molecule has 0 heterocycles. The number of thioether (sulfide) groups is 1. The van der Waals surface area contributed by atoms with Crippen molar-refractivity contribution in [3.8, 4) is 0 Å². The number of carbonyl (C=O) groups is 2. The molecule has 1 fully saturated rings. The Morgan fingerprint density at radius 3 is 2.41 bits per heavy atom. The van der Waals surface area contributed by atoms with Crippen LogP contribution < -0.4 is 5.32 Å². The van der Waals surface area contributed by atoms with Gasteiger partial charge < -0.3 is 10.2 Å². The summed E-state index contributed by atoms with van der Waals surface area (Å²) in [5, 5.41) is 4.07. The van der Waals surface area contributed by atoms with Gasteiger partial charge in [-0.2, -0.15) is 0 Å². The standard InChI is InChI=1S/C25H30Cl2N2O2S/c1-3-23(25(31)28-19-6-4-5-7-19)29(15-18-10-13-21(26)22(27)14-18)24(30)16-32-20-11-8-17(2)9-12-20/h8-14,19,23H,3-7,15-16H2,1-2H3,(H,28,31)/t23-/m0/s1. The quantitative estimate of drug-likeness (QED) is 0.420. The lowest BCUT2D eigenvalue weighted by Crippen LogP contribution is -2.51. The average molecular weight is 494 g/mol. The molecule has 2 amide bonds. The smallest absolute Gasteiger partial charge is 0.243 e. The summed E-state index contributed by atoms with van der Waals surface area (Å²) in [4.78, 5) is 29.2. The van der Waals surface area contributed by atoms with Crippen LogP contribution in [-0.4, -0.2) is 34.6 Å². The van der Waals surface area contributed by atoms with Crippen molar-refractivity contribution in [1.29, 1.82) is 0 Å². The molecule has 1 atom stereocenters. The van der Waals surface area contributed by atoms with Crippen molar-refractivity contribution in [3.05, 3.63) is 63.6 Å². The number of rotatable bonds is 9. The zero-order valence-electron chi connectivity index (χ0n) is 18.6. The Bertz CT molecular complexity index is 930. The van der Waals surface area contributed by atoms with Crippen LogP contribution in [0.1, 0.15) is 50.2 Å². The molecule has 0 saturated heterocycles. The van der Waals surface area contributed by atoms with Gasteiger partial charge in [-0.3, -0.25) is 9.59 Å². The first-order valence-corrected chi connectivity index (χ1v) is 12.8. The Balaban J connectivity index is 1.77. The van der Waals surface area contributed by atoms with E-state index in [1.165, 1.54) is 17.3 Å². The molecule has 1 saturated carbocycles. The fraction of sp³-hybridized carbons (Fsp3) is 0.440. The highest BCUT2D eigenvalue weighted by Gasteiger charge is 2.30. The monoisotopic (exact) mass is 492 g/mol. The van der Waals surface area contributed by atoms with Crippen LogP contribution in [0, 0.1) is 6.92 Å². The number of halogens is 2. The van der Waals surface area contributed by atoms with Crippen LogP contribution in [0.5, 0.6) is 0 Å². The number of carbonyl (C=O) groups excluding carboxylic acids is 2. The van der Waals surface area contributed by atoms with E-state index in [4.69, 9.17) is 23.2 Å². The molecule has 0 bridgehead atoms. The number of nitrogens with zero attached hydrogens (tertiary/aromatic N) is 1. The maximum Gasteiger partial charge on any atom is 0.243 e. The minimum atomic E-state index is -0.531. The molecule has 0 spiro atoms. The summed E-state index contributed by atoms with van der Waals surface area (Å²) in [5.41, 5.74) is 2.02. The summed E-state index contributed by atoms with van der Waals surface area (Å²) in [5.74, 6) is 0.112. The first kappa shape index (κ1) is 24.9. The molecule has 0 radical (unpaired) electrons. The maximum absolute atomic E-state index is 13.3. The van der Waals surface area contributed by atoms with Gasteiger partial charge in [0.15, 0.2) is 0 Å². The highest BCUT2D eigenvalue weighted by Crippen LogP contribution is 2.26. The number of hydrogen-bond acceptors (Lipinski definition) is 3. The molecule has 0 aliphatic heterocycles. The van der Waals surface area contributed by atoms with Crippen molar-refractivity contribution in [2.45, 2.75) is 69.5 Å². The Labute approximate surface area is 205 Å². The third-order valence-corrected chi connectivity index (χ3v) is 7.54. The van der Waals surface area contributed by atoms with Gasteiger partial charge in [-0.1, -0.05) is 66.7 Å². The molecule has 0 aromatic heterocycles. The second-order valence-electron chi connectivity index (χ2n) is 8.29. The van der Waals surface area contributed by atoms with Crippen LogP contribution in [0.15, 0.2) is 47.4 Å². The minimum Gasteiger partial charge on any atom is -0.352 e. The molecule has 2 aromatic carbocycles. The summed E-state index contributed by atoms with van der Waals surface area (Å²) < 4.78 is 0. The molecule has 3 rings (SSSR count). The maximum atomic E-state index is 13.3. The zero-order chi connectivity index (χ0) is 23.1. The Morgan fingerprint density at radius 2 is 1.78 bits per heavy atom. The van der Waals surface area contributed by atoms with Crippen molar-refractivity contribution < 1.29 is 9.59 Å². The predicted octanol–water partition coefficient (Wildman–Crippen LogP) is 6.26. The molecular weight excluding hydrogens is 463 g/mol. The zero-order valence-corrected chi connectivity index (χ0v) is 20.9. The number of aryl methyl sites for hydroxylation is 1. The van der Waals surface area contributed by atoms with E-state index < -0.39 is 6.04 Å². The first-order valence-electron chi connectivity index (χ1n) is 11.1. The van der Waals surface area contributed by atoms with Gasteiger partial charge in [0.05, 0.1) is 15.8 Å². The van der Waals surface area contributed by atoms with E-state index in [0.29, 0.717) is 23.0 Å². The lowest BCUT2D eigenvalue weighted by Gasteiger charge is -2.31. The van der Waals surface area contributed by atoms with Crippen molar-refractivity contribution in [3.63, 3.8) is 0 Å². The summed E-state index contributed by atoms with van der Waals surface area (Å²) in [6.07, 6.45) is 4.83. The fourth-order valence-electron chi connectivity index (χ4n) is 3.98. The van der Waals surface area contributed by atoms with Crippen LogP contribution >= 0.6 is 35.0 Å². The fourth-order valence-corrected chi connectivity index (χ4v) is 5.09. The second kappa shape index (κ2) is 12.0. The summed E-state index contributed by atoms with van der Waals surface area (Å²) in [6.45, 7) is 4.29. The van der Waals surface area contributed by atoms with Crippen LogP contribution in [0.2, 0.25) is 10.0 Å². The van der Waals surface area contributed by atoms with E-state index in [9.17, 15) is 9.59 Å². The van der Waals surface area contributed by atoms with E-state index in [0.717, 1.165) is 36.1 Å². The van der Waals surface area contributed by atoms with Crippen molar-refractivity contribution in [1.82, 2.24) is 10.2 Å². The first-order chi connectivity index (χ1) is 15.4. The molecule has 1 N–H and O–H groups in total. The van der Waals surface area contributed by atoms with E-state index >= 15 is 0 Å². The van der Waals surface area contributed by atoms with Gasteiger partial charge in [0.25, 0.3) is 0 Å². The molecular formula is C25H30Cl2N2O2S. The third-order valence-electron chi connectivity index (χ3n) is 5.81. The molecule has 7 heteroatoms. The van der Waals surface area contributed by atoms with Gasteiger partial charge in [0, 0.05) is 17.5 Å². The summed E-state index contributed by atoms with van der Waals surface area (Å²) >= 11 is 13.7. The lowest BCUT2D eigenvalue weighted by atomic mass is 10.1. The Kier molecular flexibility index (Phi) is 9.33. The number of amides is 2. The Hall–Kier alpha value is -1.69. The van der Waals surface area contributed by atoms with Gasteiger partial charge in [0.2, 0.25) is 11.8 Å². The topological polar surface area (TPSA) is 49.4 Å². The van der Waals surface area contributed by atoms with Crippen molar-refractivity contribution in [2.24, 2.45) is 0 Å². The lowest BCUT2D eigenvalue weighted by molar-refractivity contribution is -0.139. The number of benzene rings is 2. The molecule has 4 nitrogen and oxygen atoms in total. The largest absolute Gasteiger partial charge is 0.352 e. The van der Waals surface area contributed by atoms with E-state index in [1.54, 1.807) is 17.0 Å². The molecule has 1 aliphatic rings. The van der Waals surface area contributed by atoms with E-state index in [-0.39, 0.29) is 23.6 Å². The summed E-state index contributed by atoms with van der Waals surface area (Å²) in [6, 6.07) is 13.1. The van der Waals surface area contributed by atoms with E-state index in [1.807, 2.05) is 44.2 Å². The second-order valence-corrected chi connectivity index (χ2v) is 10.1. The Morgan fingerprint density at radius 1 is 1.09 bits per heavy atom. The highest BCUT2D eigenvalue weighted by atomic mass is 35.5. The molecule has 2 aromatic rings. The molecule has 0 unspecified atom stereocenters. The number of nitrogens with one attached hydrogen (secondary N) is 1. The van der Waals surface area contributed by atoms with Crippen molar-refractivity contribution >= 4 is 46.8 Å². The molecule has 1 aliphatic carbocycles. The van der Waals surface area contributed by atoms with Crippen LogP contribution in [0.4, 0.5) is 0 Å². The SMILES string of the molecule is CC[C@@H](C(=O)NC1CCCC1)N(Cc1ccc(Cl)c(Cl)c1)C(=O)CSc1ccc(C)cc1. The van der Waals surface area contributed by atoms with Gasteiger partial charge in [-0.05, 0) is 56.0 Å². The average Bonchev–Trinajstić information content (AvgIpc) is 3.28. The summed E-state index contributed by atoms with van der Waals surface area (Å²) in [7, 11) is 0. The van der Waals surface area contributed by atoms with Crippen LogP contribution in [0.3, 0.4) is 0 Å². The van der Waals surface area contributed by atoms with Gasteiger partial charge in [-0.15, -0.1) is 11.8 Å². The number of hydrogen-bond donors (Lipinski definition) is 1. The van der Waals surface area contributed by atoms with Crippen LogP contribution in [-0.2, 0) is 16.1 Å². The van der Waals surface area contributed by atoms with Crippen LogP contribution in [0.25, 0.3) is 0 Å². The highest BCUT2D eigenvalue weighted by molar-refractivity contribution is 8.00. The minimum absolute atomic E-state index is 0.0740. The predicted molar refractivity (Wildman–Crippen MR) is 133 cm³/mol. The van der Waals surface area contributed by atoms with Gasteiger partial charge >= 0.3 is 0 Å². The van der Waals surface area contributed by atoms with E-state index in [2.05, 4.69) is 5.32 Å². The van der Waals surface area contributed by atoms with Gasteiger partial charge in [0.1, 0.15) is 6.04 Å². The van der Waals surface area contributed by atoms with Gasteiger partial charge in [-0.25, -0.2) is 0 Å².